The van der Waals surface area contributed by atoms with Gasteiger partial charge in [0.15, 0.2) is 0 Å². The van der Waals surface area contributed by atoms with Gasteiger partial charge in [-0.3, -0.25) is 14.9 Å². The highest BCUT2D eigenvalue weighted by molar-refractivity contribution is 6.32. The van der Waals surface area contributed by atoms with Crippen LogP contribution in [0.5, 0.6) is 0 Å². The third-order valence-corrected chi connectivity index (χ3v) is 2.40. The second-order valence-corrected chi connectivity index (χ2v) is 4.43. The lowest BCUT2D eigenvalue weighted by atomic mass is 10.1. The first kappa shape index (κ1) is 13.4. The Labute approximate surface area is 104 Å². The molecule has 0 radical (unpaired) electrons. The molecule has 1 aromatic rings. The predicted octanol–water partition coefficient (Wildman–Crippen LogP) is 2.63. The number of carbonyl (C=O) groups excluding carboxylic acids is 1. The number of rotatable bonds is 4. The van der Waals surface area contributed by atoms with Crippen molar-refractivity contribution in [3.8, 4) is 0 Å². The molecule has 1 rings (SSSR count). The van der Waals surface area contributed by atoms with Crippen molar-refractivity contribution in [3.05, 3.63) is 38.9 Å². The van der Waals surface area contributed by atoms with Crippen LogP contribution in [-0.4, -0.2) is 17.4 Å². The first-order valence-corrected chi connectivity index (χ1v) is 5.51. The second kappa shape index (κ2) is 5.63. The van der Waals surface area contributed by atoms with E-state index in [1.165, 1.54) is 18.2 Å². The number of carbonyl (C=O) groups is 1. The van der Waals surface area contributed by atoms with E-state index >= 15 is 0 Å². The lowest BCUT2D eigenvalue weighted by molar-refractivity contribution is -0.384. The SMILES string of the molecule is CC(C)CNC(=O)c1ccc(Cl)c([N+](=O)[O-])c1. The zero-order valence-corrected chi connectivity index (χ0v) is 10.3. The fourth-order valence-corrected chi connectivity index (χ4v) is 1.38. The van der Waals surface area contributed by atoms with Crippen LogP contribution in [0.4, 0.5) is 5.69 Å². The molecule has 0 aromatic heterocycles. The molecule has 6 heteroatoms. The third-order valence-electron chi connectivity index (χ3n) is 2.08. The highest BCUT2D eigenvalue weighted by atomic mass is 35.5. The Morgan fingerprint density at radius 2 is 2.18 bits per heavy atom. The predicted molar refractivity (Wildman–Crippen MR) is 65.3 cm³/mol. The van der Waals surface area contributed by atoms with Crippen molar-refractivity contribution in [2.45, 2.75) is 13.8 Å². The van der Waals surface area contributed by atoms with Gasteiger partial charge in [-0.05, 0) is 18.1 Å². The van der Waals surface area contributed by atoms with Crippen molar-refractivity contribution in [2.24, 2.45) is 5.92 Å². The number of amides is 1. The summed E-state index contributed by atoms with van der Waals surface area (Å²) >= 11 is 5.65. The Kier molecular flexibility index (Phi) is 4.45. The Hall–Kier alpha value is -1.62. The van der Waals surface area contributed by atoms with Gasteiger partial charge in [-0.15, -0.1) is 0 Å². The van der Waals surface area contributed by atoms with Crippen LogP contribution in [0.25, 0.3) is 0 Å². The van der Waals surface area contributed by atoms with Gasteiger partial charge in [-0.25, -0.2) is 0 Å². The zero-order chi connectivity index (χ0) is 13.0. The van der Waals surface area contributed by atoms with E-state index < -0.39 is 4.92 Å². The second-order valence-electron chi connectivity index (χ2n) is 4.03. The summed E-state index contributed by atoms with van der Waals surface area (Å²) < 4.78 is 0. The average Bonchev–Trinajstić information content (AvgIpc) is 2.26. The number of hydrogen-bond donors (Lipinski definition) is 1. The van der Waals surface area contributed by atoms with Crippen molar-refractivity contribution >= 4 is 23.2 Å². The maximum atomic E-state index is 11.7. The molecule has 1 amide bonds. The minimum atomic E-state index is -0.610. The van der Waals surface area contributed by atoms with E-state index in [1.807, 2.05) is 13.8 Å². The summed E-state index contributed by atoms with van der Waals surface area (Å²) in [4.78, 5) is 21.7. The molecule has 1 N–H and O–H groups in total. The topological polar surface area (TPSA) is 72.2 Å². The van der Waals surface area contributed by atoms with Crippen LogP contribution in [0.1, 0.15) is 24.2 Å². The summed E-state index contributed by atoms with van der Waals surface area (Å²) in [7, 11) is 0. The summed E-state index contributed by atoms with van der Waals surface area (Å²) in [6.45, 7) is 4.45. The van der Waals surface area contributed by atoms with E-state index in [4.69, 9.17) is 11.6 Å². The van der Waals surface area contributed by atoms with Gasteiger partial charge >= 0.3 is 0 Å². The molecule has 92 valence electrons. The van der Waals surface area contributed by atoms with Crippen LogP contribution >= 0.6 is 11.6 Å². The molecule has 0 aliphatic carbocycles. The molecule has 0 fully saturated rings. The minimum Gasteiger partial charge on any atom is -0.352 e. The van der Waals surface area contributed by atoms with Crippen LogP contribution < -0.4 is 5.32 Å². The number of nitro groups is 1. The highest BCUT2D eigenvalue weighted by Crippen LogP contribution is 2.24. The molecule has 0 spiro atoms. The Morgan fingerprint density at radius 3 is 2.71 bits per heavy atom. The maximum absolute atomic E-state index is 11.7. The molecule has 0 aliphatic heterocycles. The normalized spacial score (nSPS) is 10.4. The fraction of sp³-hybridized carbons (Fsp3) is 0.364. The summed E-state index contributed by atoms with van der Waals surface area (Å²) in [6, 6.07) is 3.99. The first-order chi connectivity index (χ1) is 7.91. The number of nitro benzene ring substituents is 1. The van der Waals surface area contributed by atoms with Crippen molar-refractivity contribution in [2.75, 3.05) is 6.54 Å². The smallest absolute Gasteiger partial charge is 0.288 e. The van der Waals surface area contributed by atoms with Gasteiger partial charge in [-0.1, -0.05) is 25.4 Å². The molecule has 0 unspecified atom stereocenters. The minimum absolute atomic E-state index is 0.0235. The van der Waals surface area contributed by atoms with Gasteiger partial charge in [-0.2, -0.15) is 0 Å². The number of benzene rings is 1. The van der Waals surface area contributed by atoms with Crippen molar-refractivity contribution < 1.29 is 9.72 Å². The van der Waals surface area contributed by atoms with E-state index in [2.05, 4.69) is 5.32 Å². The van der Waals surface area contributed by atoms with E-state index in [0.29, 0.717) is 12.5 Å². The van der Waals surface area contributed by atoms with Crippen molar-refractivity contribution in [3.63, 3.8) is 0 Å². The highest BCUT2D eigenvalue weighted by Gasteiger charge is 2.16. The van der Waals surface area contributed by atoms with Gasteiger partial charge in [0.1, 0.15) is 5.02 Å². The van der Waals surface area contributed by atoms with Gasteiger partial charge < -0.3 is 5.32 Å². The molecular formula is C11H13ClN2O3. The Balaban J connectivity index is 2.88. The van der Waals surface area contributed by atoms with E-state index in [0.717, 1.165) is 0 Å². The number of nitrogens with zero attached hydrogens (tertiary/aromatic N) is 1. The number of halogens is 1. The summed E-state index contributed by atoms with van der Waals surface area (Å²) in [5.41, 5.74) is -0.0226. The summed E-state index contributed by atoms with van der Waals surface area (Å²) in [5, 5.41) is 13.4. The summed E-state index contributed by atoms with van der Waals surface area (Å²) in [6.07, 6.45) is 0. The van der Waals surface area contributed by atoms with Gasteiger partial charge in [0, 0.05) is 18.2 Å². The van der Waals surface area contributed by atoms with Crippen molar-refractivity contribution in [1.29, 1.82) is 0 Å². The third kappa shape index (κ3) is 3.71. The Bertz CT molecular complexity index is 446. The van der Waals surface area contributed by atoms with E-state index in [-0.39, 0.29) is 22.2 Å². The average molecular weight is 257 g/mol. The Morgan fingerprint density at radius 1 is 1.53 bits per heavy atom. The first-order valence-electron chi connectivity index (χ1n) is 5.14. The monoisotopic (exact) mass is 256 g/mol. The van der Waals surface area contributed by atoms with Crippen LogP contribution in [-0.2, 0) is 0 Å². The quantitative estimate of drug-likeness (QED) is 0.665. The molecular weight excluding hydrogens is 244 g/mol. The van der Waals surface area contributed by atoms with E-state index in [9.17, 15) is 14.9 Å². The van der Waals surface area contributed by atoms with E-state index in [1.54, 1.807) is 0 Å². The van der Waals surface area contributed by atoms with Gasteiger partial charge in [0.05, 0.1) is 4.92 Å². The largest absolute Gasteiger partial charge is 0.352 e. The molecule has 17 heavy (non-hydrogen) atoms. The van der Waals surface area contributed by atoms with Crippen LogP contribution in [0, 0.1) is 16.0 Å². The molecule has 0 saturated heterocycles. The van der Waals surface area contributed by atoms with Crippen LogP contribution in [0.2, 0.25) is 5.02 Å². The molecule has 0 bridgehead atoms. The molecule has 0 saturated carbocycles. The molecule has 0 aliphatic rings. The number of nitrogens with one attached hydrogen (secondary N) is 1. The molecule has 5 nitrogen and oxygen atoms in total. The molecule has 0 atom stereocenters. The standard InChI is InChI=1S/C11H13ClN2O3/c1-7(2)6-13-11(15)8-3-4-9(12)10(5-8)14(16)17/h3-5,7H,6H2,1-2H3,(H,13,15). The zero-order valence-electron chi connectivity index (χ0n) is 9.57. The molecule has 0 heterocycles. The molecule has 1 aromatic carbocycles. The summed E-state index contributed by atoms with van der Waals surface area (Å²) in [5.74, 6) is -0.0142. The van der Waals surface area contributed by atoms with Gasteiger partial charge in [0.25, 0.3) is 11.6 Å². The van der Waals surface area contributed by atoms with Crippen LogP contribution in [0.15, 0.2) is 18.2 Å². The van der Waals surface area contributed by atoms with Crippen molar-refractivity contribution in [1.82, 2.24) is 5.32 Å². The number of hydrogen-bond acceptors (Lipinski definition) is 3. The van der Waals surface area contributed by atoms with Gasteiger partial charge in [0.2, 0.25) is 0 Å². The van der Waals surface area contributed by atoms with Crippen LogP contribution in [0.3, 0.4) is 0 Å². The lowest BCUT2D eigenvalue weighted by Gasteiger charge is -2.07. The maximum Gasteiger partial charge on any atom is 0.288 e. The lowest BCUT2D eigenvalue weighted by Crippen LogP contribution is -2.27. The fourth-order valence-electron chi connectivity index (χ4n) is 1.19.